The SMILES string of the molecule is CC(C)c1nc(CCN(C)C(=O)Nc2ccc(-n3ccnc3)cc2)no1. The van der Waals surface area contributed by atoms with Gasteiger partial charge in [0.15, 0.2) is 5.82 Å². The fraction of sp³-hybridized carbons (Fsp3) is 0.333. The van der Waals surface area contributed by atoms with E-state index in [0.717, 1.165) is 11.4 Å². The van der Waals surface area contributed by atoms with E-state index in [9.17, 15) is 4.79 Å². The van der Waals surface area contributed by atoms with Gasteiger partial charge < -0.3 is 19.3 Å². The monoisotopic (exact) mass is 354 g/mol. The second-order valence-corrected chi connectivity index (χ2v) is 6.32. The van der Waals surface area contributed by atoms with Crippen molar-refractivity contribution in [1.29, 1.82) is 0 Å². The Balaban J connectivity index is 1.52. The van der Waals surface area contributed by atoms with Crippen molar-refractivity contribution in [3.05, 3.63) is 54.7 Å². The van der Waals surface area contributed by atoms with Crippen molar-refractivity contribution in [2.75, 3.05) is 18.9 Å². The topological polar surface area (TPSA) is 89.1 Å². The van der Waals surface area contributed by atoms with E-state index in [-0.39, 0.29) is 11.9 Å². The number of imidazole rings is 1. The van der Waals surface area contributed by atoms with E-state index in [1.165, 1.54) is 0 Å². The molecule has 0 fully saturated rings. The van der Waals surface area contributed by atoms with Crippen LogP contribution in [0.25, 0.3) is 5.69 Å². The third-order valence-corrected chi connectivity index (χ3v) is 3.92. The highest BCUT2D eigenvalue weighted by Crippen LogP contribution is 2.14. The summed E-state index contributed by atoms with van der Waals surface area (Å²) in [6.07, 6.45) is 5.85. The molecule has 2 amide bonds. The first-order chi connectivity index (χ1) is 12.5. The van der Waals surface area contributed by atoms with Crippen molar-refractivity contribution in [1.82, 2.24) is 24.6 Å². The van der Waals surface area contributed by atoms with Gasteiger partial charge in [-0.25, -0.2) is 9.78 Å². The van der Waals surface area contributed by atoms with Crippen LogP contribution in [0.5, 0.6) is 0 Å². The molecule has 0 radical (unpaired) electrons. The number of hydrogen-bond donors (Lipinski definition) is 1. The van der Waals surface area contributed by atoms with E-state index in [1.807, 2.05) is 48.9 Å². The summed E-state index contributed by atoms with van der Waals surface area (Å²) in [4.78, 5) is 22.2. The van der Waals surface area contributed by atoms with Crippen LogP contribution in [0, 0.1) is 0 Å². The molecule has 0 saturated carbocycles. The molecule has 0 aliphatic heterocycles. The van der Waals surface area contributed by atoms with Gasteiger partial charge >= 0.3 is 6.03 Å². The summed E-state index contributed by atoms with van der Waals surface area (Å²) in [5.74, 6) is 1.42. The van der Waals surface area contributed by atoms with E-state index in [1.54, 1.807) is 24.5 Å². The fourth-order valence-corrected chi connectivity index (χ4v) is 2.32. The van der Waals surface area contributed by atoms with Crippen molar-refractivity contribution < 1.29 is 9.32 Å². The zero-order valence-corrected chi connectivity index (χ0v) is 15.1. The molecular formula is C18H22N6O2. The summed E-state index contributed by atoms with van der Waals surface area (Å²) in [7, 11) is 1.73. The van der Waals surface area contributed by atoms with Crippen LogP contribution in [0.3, 0.4) is 0 Å². The Morgan fingerprint density at radius 2 is 2.08 bits per heavy atom. The van der Waals surface area contributed by atoms with Gasteiger partial charge in [0.1, 0.15) is 0 Å². The number of hydrogen-bond acceptors (Lipinski definition) is 5. The number of amides is 2. The van der Waals surface area contributed by atoms with Crippen LogP contribution in [0.2, 0.25) is 0 Å². The minimum Gasteiger partial charge on any atom is -0.339 e. The summed E-state index contributed by atoms with van der Waals surface area (Å²) >= 11 is 0. The smallest absolute Gasteiger partial charge is 0.321 e. The molecule has 136 valence electrons. The van der Waals surface area contributed by atoms with Crippen LogP contribution in [-0.2, 0) is 6.42 Å². The summed E-state index contributed by atoms with van der Waals surface area (Å²) in [5, 5.41) is 6.81. The second kappa shape index (κ2) is 7.81. The maximum absolute atomic E-state index is 12.3. The van der Waals surface area contributed by atoms with Crippen molar-refractivity contribution in [2.45, 2.75) is 26.2 Å². The quantitative estimate of drug-likeness (QED) is 0.735. The Labute approximate surface area is 151 Å². The van der Waals surface area contributed by atoms with Gasteiger partial charge in [0.2, 0.25) is 5.89 Å². The van der Waals surface area contributed by atoms with E-state index >= 15 is 0 Å². The predicted octanol–water partition coefficient (Wildman–Crippen LogP) is 3.09. The third kappa shape index (κ3) is 4.27. The number of aromatic nitrogens is 4. The van der Waals surface area contributed by atoms with E-state index in [4.69, 9.17) is 4.52 Å². The maximum Gasteiger partial charge on any atom is 0.321 e. The normalized spacial score (nSPS) is 10.9. The lowest BCUT2D eigenvalue weighted by Crippen LogP contribution is -2.33. The molecule has 0 spiro atoms. The highest BCUT2D eigenvalue weighted by molar-refractivity contribution is 5.89. The highest BCUT2D eigenvalue weighted by atomic mass is 16.5. The predicted molar refractivity (Wildman–Crippen MR) is 97.3 cm³/mol. The van der Waals surface area contributed by atoms with Gasteiger partial charge in [0.25, 0.3) is 0 Å². The number of rotatable bonds is 6. The van der Waals surface area contributed by atoms with Crippen LogP contribution in [0.4, 0.5) is 10.5 Å². The van der Waals surface area contributed by atoms with Crippen LogP contribution < -0.4 is 5.32 Å². The number of benzene rings is 1. The molecule has 1 N–H and O–H groups in total. The average Bonchev–Trinajstić information content (AvgIpc) is 3.32. The molecule has 0 atom stereocenters. The molecule has 2 heterocycles. The highest BCUT2D eigenvalue weighted by Gasteiger charge is 2.13. The Bertz CT molecular complexity index is 839. The van der Waals surface area contributed by atoms with Gasteiger partial charge in [-0.1, -0.05) is 19.0 Å². The first kappa shape index (κ1) is 17.7. The number of carbonyl (C=O) groups excluding carboxylic acids is 1. The zero-order valence-electron chi connectivity index (χ0n) is 15.1. The van der Waals surface area contributed by atoms with Gasteiger partial charge in [-0.05, 0) is 24.3 Å². The van der Waals surface area contributed by atoms with Crippen molar-refractivity contribution in [3.8, 4) is 5.69 Å². The van der Waals surface area contributed by atoms with Gasteiger partial charge in [-0.3, -0.25) is 0 Å². The van der Waals surface area contributed by atoms with Gasteiger partial charge in [-0.15, -0.1) is 0 Å². The lowest BCUT2D eigenvalue weighted by molar-refractivity contribution is 0.222. The molecular weight excluding hydrogens is 332 g/mol. The number of likely N-dealkylation sites (N-methyl/N-ethyl adjacent to an activating group) is 1. The number of urea groups is 1. The molecule has 8 nitrogen and oxygen atoms in total. The number of nitrogens with zero attached hydrogens (tertiary/aromatic N) is 5. The van der Waals surface area contributed by atoms with E-state index in [2.05, 4.69) is 20.4 Å². The number of nitrogens with one attached hydrogen (secondary N) is 1. The van der Waals surface area contributed by atoms with Crippen molar-refractivity contribution in [3.63, 3.8) is 0 Å². The molecule has 26 heavy (non-hydrogen) atoms. The number of anilines is 1. The Hall–Kier alpha value is -3.16. The van der Waals surface area contributed by atoms with E-state index < -0.39 is 0 Å². The molecule has 0 saturated heterocycles. The Morgan fingerprint density at radius 1 is 1.31 bits per heavy atom. The van der Waals surface area contributed by atoms with Crippen LogP contribution in [0.1, 0.15) is 31.5 Å². The molecule has 0 aliphatic rings. The minimum absolute atomic E-state index is 0.187. The zero-order chi connectivity index (χ0) is 18.5. The molecule has 3 aromatic rings. The minimum atomic E-state index is -0.187. The maximum atomic E-state index is 12.3. The van der Waals surface area contributed by atoms with Gasteiger partial charge in [0, 0.05) is 49.7 Å². The first-order valence-corrected chi connectivity index (χ1v) is 8.46. The molecule has 0 unspecified atom stereocenters. The van der Waals surface area contributed by atoms with Crippen molar-refractivity contribution in [2.24, 2.45) is 0 Å². The Kier molecular flexibility index (Phi) is 5.31. The average molecular weight is 354 g/mol. The van der Waals surface area contributed by atoms with Crippen LogP contribution >= 0.6 is 0 Å². The summed E-state index contributed by atoms with van der Waals surface area (Å²) in [6.45, 7) is 4.49. The largest absolute Gasteiger partial charge is 0.339 e. The lowest BCUT2D eigenvalue weighted by atomic mass is 10.2. The lowest BCUT2D eigenvalue weighted by Gasteiger charge is -2.17. The molecule has 3 rings (SSSR count). The van der Waals surface area contributed by atoms with Gasteiger partial charge in [0.05, 0.1) is 6.33 Å². The molecule has 8 heteroatoms. The molecule has 1 aromatic carbocycles. The molecule has 0 aliphatic carbocycles. The van der Waals surface area contributed by atoms with E-state index in [0.29, 0.717) is 24.7 Å². The van der Waals surface area contributed by atoms with Crippen molar-refractivity contribution >= 4 is 11.7 Å². The summed E-state index contributed by atoms with van der Waals surface area (Å²) in [5.41, 5.74) is 1.71. The second-order valence-electron chi connectivity index (χ2n) is 6.32. The fourth-order valence-electron chi connectivity index (χ4n) is 2.32. The number of carbonyl (C=O) groups is 1. The Morgan fingerprint density at radius 3 is 2.69 bits per heavy atom. The van der Waals surface area contributed by atoms with Crippen LogP contribution in [-0.4, -0.2) is 44.2 Å². The molecule has 0 bridgehead atoms. The van der Waals surface area contributed by atoms with Gasteiger partial charge in [-0.2, -0.15) is 4.98 Å². The summed E-state index contributed by atoms with van der Waals surface area (Å²) in [6, 6.07) is 7.37. The first-order valence-electron chi connectivity index (χ1n) is 8.46. The molecule has 2 aromatic heterocycles. The standard InChI is InChI=1S/C18H22N6O2/c1-13(2)17-21-16(22-26-17)8-10-23(3)18(25)20-14-4-6-15(7-5-14)24-11-9-19-12-24/h4-7,9,11-13H,8,10H2,1-3H3,(H,20,25). The summed E-state index contributed by atoms with van der Waals surface area (Å²) < 4.78 is 7.07. The van der Waals surface area contributed by atoms with Crippen LogP contribution in [0.15, 0.2) is 47.5 Å². The third-order valence-electron chi connectivity index (χ3n) is 3.92.